The molecule has 1 fully saturated rings. The molecule has 1 aliphatic rings. The number of nitrogens with zero attached hydrogens (tertiary/aromatic N) is 2. The molecule has 0 amide bonds. The smallest absolute Gasteiger partial charge is 0.435 e. The van der Waals surface area contributed by atoms with Crippen LogP contribution in [-0.4, -0.2) is 59.5 Å². The highest BCUT2D eigenvalue weighted by Crippen LogP contribution is 2.56. The van der Waals surface area contributed by atoms with Gasteiger partial charge in [0, 0.05) is 18.0 Å². The summed E-state index contributed by atoms with van der Waals surface area (Å²) in [6.45, 7) is -5.87. The van der Waals surface area contributed by atoms with E-state index in [-0.39, 0.29) is 16.5 Å². The molecule has 1 aromatic heterocycles. The normalized spacial score (nSPS) is 21.7. The van der Waals surface area contributed by atoms with E-state index < -0.39 is 55.1 Å². The van der Waals surface area contributed by atoms with Gasteiger partial charge in [-0.05, 0) is 48.5 Å². The Balaban J connectivity index is 1.69. The lowest BCUT2D eigenvalue weighted by Gasteiger charge is -2.34. The predicted molar refractivity (Wildman–Crippen MR) is 145 cm³/mol. The molecule has 2 aromatic carbocycles. The number of hydrogen-bond donors (Lipinski definition) is 2. The molecular weight excluding hydrogens is 633 g/mol. The van der Waals surface area contributed by atoms with E-state index in [1.165, 1.54) is 62.8 Å². The van der Waals surface area contributed by atoms with Crippen LogP contribution in [0, 0.1) is 0 Å². The van der Waals surface area contributed by atoms with Crippen LogP contribution in [-0.2, 0) is 21.1 Å². The summed E-state index contributed by atoms with van der Waals surface area (Å²) in [5, 5.41) is 10.0. The third kappa shape index (κ3) is 6.14. The van der Waals surface area contributed by atoms with E-state index in [0.717, 1.165) is 6.20 Å². The minimum Gasteiger partial charge on any atom is -0.497 e. The fourth-order valence-electron chi connectivity index (χ4n) is 3.80. The van der Waals surface area contributed by atoms with E-state index in [9.17, 15) is 18.7 Å². The molecule has 228 valence electrons. The van der Waals surface area contributed by atoms with Crippen LogP contribution in [0.2, 0.25) is 5.02 Å². The average Bonchev–Trinajstić information content (AvgIpc) is 3.16. The van der Waals surface area contributed by atoms with Gasteiger partial charge in [-0.3, -0.25) is 9.09 Å². The van der Waals surface area contributed by atoms with Crippen LogP contribution in [0.15, 0.2) is 59.5 Å². The fraction of sp³-hybridized carbons (Fsp3) is 0.333. The molecule has 0 aliphatic carbocycles. The van der Waals surface area contributed by atoms with Crippen molar-refractivity contribution in [2.75, 3.05) is 26.6 Å². The average molecular weight is 656 g/mol. The topological polar surface area (TPSA) is 137 Å². The molecule has 3 atom stereocenters. The minimum absolute atomic E-state index is 0.0323. The molecule has 4 rings (SSSR count). The number of aliphatic hydroxyl groups is 1. The van der Waals surface area contributed by atoms with E-state index in [0.29, 0.717) is 16.1 Å². The van der Waals surface area contributed by atoms with Crippen LogP contribution in [0.4, 0.5) is 23.4 Å². The summed E-state index contributed by atoms with van der Waals surface area (Å²) in [5.41, 5.74) is 0.309. The zero-order chi connectivity index (χ0) is 30.9. The lowest BCUT2D eigenvalue weighted by Crippen LogP contribution is -2.57. The third-order valence-corrected chi connectivity index (χ3v) is 8.46. The number of aliphatic hydroxyl groups excluding tert-OH is 1. The summed E-state index contributed by atoms with van der Waals surface area (Å²) in [6, 6.07) is 11.5. The summed E-state index contributed by atoms with van der Waals surface area (Å²) >= 11 is 11.2. The molecule has 2 heterocycles. The number of methoxy groups -OCH3 is 2. The largest absolute Gasteiger partial charge is 0.497 e. The van der Waals surface area contributed by atoms with Gasteiger partial charge < -0.3 is 34.1 Å². The van der Waals surface area contributed by atoms with Gasteiger partial charge in [-0.2, -0.15) is 13.8 Å². The zero-order valence-electron chi connectivity index (χ0n) is 21.7. The molecule has 3 aromatic rings. The van der Waals surface area contributed by atoms with Crippen molar-refractivity contribution in [1.82, 2.24) is 9.55 Å². The second-order valence-corrected chi connectivity index (χ2v) is 12.0. The first kappa shape index (κ1) is 31.8. The summed E-state index contributed by atoms with van der Waals surface area (Å²) < 4.78 is 92.3. The number of nitrogen functional groups attached to an aromatic ring is 1. The van der Waals surface area contributed by atoms with Crippen molar-refractivity contribution in [2.24, 2.45) is 0 Å². The molecule has 3 N–H and O–H groups in total. The lowest BCUT2D eigenvalue weighted by atomic mass is 9.95. The molecule has 1 unspecified atom stereocenters. The first-order valence-electron chi connectivity index (χ1n) is 11.7. The van der Waals surface area contributed by atoms with Crippen molar-refractivity contribution in [2.45, 2.75) is 30.3 Å². The van der Waals surface area contributed by atoms with Crippen molar-refractivity contribution in [3.8, 4) is 23.0 Å². The van der Waals surface area contributed by atoms with E-state index in [1.807, 2.05) is 0 Å². The van der Waals surface area contributed by atoms with Crippen molar-refractivity contribution in [1.29, 1.82) is 0 Å². The highest BCUT2D eigenvalue weighted by molar-refractivity contribution is 8.07. The van der Waals surface area contributed by atoms with Crippen LogP contribution in [0.3, 0.4) is 0 Å². The van der Waals surface area contributed by atoms with Crippen LogP contribution in [0.5, 0.6) is 23.0 Å². The molecule has 1 aliphatic heterocycles. The van der Waals surface area contributed by atoms with Crippen LogP contribution >= 0.6 is 18.3 Å². The Morgan fingerprint density at radius 3 is 2.00 bits per heavy atom. The number of anilines is 1. The Hall–Kier alpha value is -3.14. The van der Waals surface area contributed by atoms with Gasteiger partial charge in [0.15, 0.2) is 12.3 Å². The minimum atomic E-state index is -4.71. The molecule has 0 radical (unpaired) electrons. The maximum absolute atomic E-state index is 15.5. The number of alkyl halides is 4. The number of hydrogen-bond acceptors (Lipinski definition) is 11. The number of halogens is 5. The Bertz CT molecular complexity index is 1470. The maximum Gasteiger partial charge on any atom is 0.435 e. The summed E-state index contributed by atoms with van der Waals surface area (Å²) in [7, 11) is 2.84. The Labute approximate surface area is 245 Å². The van der Waals surface area contributed by atoms with Gasteiger partial charge in [-0.15, -0.1) is 0 Å². The van der Waals surface area contributed by atoms with Crippen LogP contribution in [0.25, 0.3) is 0 Å². The summed E-state index contributed by atoms with van der Waals surface area (Å²) in [5.74, 6) is -4.21. The van der Waals surface area contributed by atoms with Gasteiger partial charge in [0.2, 0.25) is 5.60 Å². The molecule has 0 bridgehead atoms. The van der Waals surface area contributed by atoms with Gasteiger partial charge in [-0.25, -0.2) is 13.6 Å². The van der Waals surface area contributed by atoms with Gasteiger partial charge in [0.25, 0.3) is 6.43 Å². The van der Waals surface area contributed by atoms with Gasteiger partial charge in [0.1, 0.15) is 28.8 Å². The Morgan fingerprint density at radius 2 is 1.55 bits per heavy atom. The van der Waals surface area contributed by atoms with Crippen molar-refractivity contribution in [3.63, 3.8) is 0 Å². The molecule has 11 nitrogen and oxygen atoms in total. The number of ether oxygens (including phenoxy) is 3. The van der Waals surface area contributed by atoms with E-state index in [4.69, 9.17) is 56.9 Å². The number of rotatable bonds is 11. The first-order valence-corrected chi connectivity index (χ1v) is 14.7. The third-order valence-electron chi connectivity index (χ3n) is 6.09. The molecule has 42 heavy (non-hydrogen) atoms. The summed E-state index contributed by atoms with van der Waals surface area (Å²) in [6.07, 6.45) is -8.59. The first-order chi connectivity index (χ1) is 19.7. The number of nitrogens with two attached hydrogens (primary N) is 1. The van der Waals surface area contributed by atoms with Crippen molar-refractivity contribution >= 4 is 35.9 Å². The highest BCUT2D eigenvalue weighted by atomic mass is 35.5. The predicted octanol–water partition coefficient (Wildman–Crippen LogP) is 4.42. The van der Waals surface area contributed by atoms with E-state index in [2.05, 4.69) is 4.98 Å². The zero-order valence-corrected chi connectivity index (χ0v) is 24.1. The van der Waals surface area contributed by atoms with E-state index >= 15 is 8.78 Å². The Morgan fingerprint density at radius 1 is 1.07 bits per heavy atom. The highest BCUT2D eigenvalue weighted by Gasteiger charge is 2.74. The number of benzene rings is 2. The SMILES string of the molecule is COc1ccc(OP(=S)(OC[C@@]2(C(F)F)O[C@@H](n3cc(Cl)c(N)nc3=O)C(O)C2(F)F)Oc2ccc(OC)cc2)cc1. The number of aromatic nitrogens is 2. The lowest BCUT2D eigenvalue weighted by molar-refractivity contribution is -0.242. The van der Waals surface area contributed by atoms with Gasteiger partial charge in [-0.1, -0.05) is 11.6 Å². The van der Waals surface area contributed by atoms with Gasteiger partial charge in [0.05, 0.1) is 25.8 Å². The molecule has 1 saturated heterocycles. The van der Waals surface area contributed by atoms with Gasteiger partial charge >= 0.3 is 18.3 Å². The summed E-state index contributed by atoms with van der Waals surface area (Å²) in [4.78, 5) is 15.6. The molecular formula is C24H23ClF4N3O8PS. The van der Waals surface area contributed by atoms with Crippen LogP contribution in [0.1, 0.15) is 6.23 Å². The maximum atomic E-state index is 15.5. The molecule has 0 saturated carbocycles. The monoisotopic (exact) mass is 655 g/mol. The quantitative estimate of drug-likeness (QED) is 0.224. The Kier molecular flexibility index (Phi) is 9.25. The standard InChI is InChI=1S/C24H23ClF4N3O8PS/c1-35-13-3-7-15(8-4-13)39-41(42,40-16-9-5-14(36-2)6-10-16)37-12-23(21(26)27)24(28,29)18(33)20(38-23)32-11-17(25)19(30)31-22(32)34/h3-11,18,20-21,33H,12H2,1-2H3,(H2,30,31,34)/t18?,20-,23+/m1/s1. The second-order valence-electron chi connectivity index (χ2n) is 8.68. The molecule has 0 spiro atoms. The second kappa shape index (κ2) is 12.2. The van der Waals surface area contributed by atoms with Crippen LogP contribution < -0.4 is 29.9 Å². The van der Waals surface area contributed by atoms with Crippen molar-refractivity contribution < 1.29 is 50.5 Å². The molecule has 18 heteroatoms. The fourth-order valence-corrected chi connectivity index (χ4v) is 5.88. The van der Waals surface area contributed by atoms with Crippen molar-refractivity contribution in [3.05, 3.63) is 70.2 Å². The van der Waals surface area contributed by atoms with E-state index in [1.54, 1.807) is 0 Å².